The third-order valence-corrected chi connectivity index (χ3v) is 13.5. The number of carbonyl (C=O) groups is 1. The Kier molecular flexibility index (Phi) is 51.1. The van der Waals surface area contributed by atoms with Crippen molar-refractivity contribution < 1.29 is 32.8 Å². The van der Waals surface area contributed by atoms with E-state index in [0.29, 0.717) is 13.0 Å². The molecule has 0 aromatic carbocycles. The van der Waals surface area contributed by atoms with Crippen LogP contribution in [0.15, 0.2) is 0 Å². The van der Waals surface area contributed by atoms with E-state index >= 15 is 0 Å². The van der Waals surface area contributed by atoms with Crippen molar-refractivity contribution in [1.82, 2.24) is 0 Å². The standard InChI is InChI=1S/C53H108NO7P/c1-3-5-7-9-11-13-15-17-19-21-23-25-26-27-28-30-32-34-36-38-40-42-44-46-53(55)61-52(51-60-62(56,57)59-49-47-54)50-58-48-45-43-41-39-37-35-33-31-29-24-22-20-18-16-14-12-10-8-6-4-2/h52H,3-51,54H2,1-2H3,(H,56,57)/t52-/m1/s1. The smallest absolute Gasteiger partial charge is 0.457 e. The largest absolute Gasteiger partial charge is 0.472 e. The highest BCUT2D eigenvalue weighted by Gasteiger charge is 2.25. The van der Waals surface area contributed by atoms with E-state index in [4.69, 9.17) is 24.3 Å². The van der Waals surface area contributed by atoms with Crippen molar-refractivity contribution in [2.24, 2.45) is 5.73 Å². The maximum absolute atomic E-state index is 12.7. The first-order valence-electron chi connectivity index (χ1n) is 27.5. The molecule has 372 valence electrons. The van der Waals surface area contributed by atoms with Gasteiger partial charge in [-0.05, 0) is 12.8 Å². The van der Waals surface area contributed by atoms with Crippen LogP contribution in [0.4, 0.5) is 0 Å². The fraction of sp³-hybridized carbons (Fsp3) is 0.981. The highest BCUT2D eigenvalue weighted by molar-refractivity contribution is 7.47. The van der Waals surface area contributed by atoms with Gasteiger partial charge in [-0.25, -0.2) is 4.57 Å². The first kappa shape index (κ1) is 61.5. The highest BCUT2D eigenvalue weighted by Crippen LogP contribution is 2.43. The molecule has 8 nitrogen and oxygen atoms in total. The van der Waals surface area contributed by atoms with Crippen molar-refractivity contribution in [1.29, 1.82) is 0 Å². The molecule has 0 heterocycles. The first-order valence-corrected chi connectivity index (χ1v) is 29.0. The quantitative estimate of drug-likeness (QED) is 0.0352. The van der Waals surface area contributed by atoms with E-state index in [1.54, 1.807) is 0 Å². The molecule has 62 heavy (non-hydrogen) atoms. The second-order valence-corrected chi connectivity index (χ2v) is 20.3. The van der Waals surface area contributed by atoms with Crippen LogP contribution in [0.1, 0.15) is 296 Å². The lowest BCUT2D eigenvalue weighted by atomic mass is 10.0. The summed E-state index contributed by atoms with van der Waals surface area (Å²) in [5, 5.41) is 0. The summed E-state index contributed by atoms with van der Waals surface area (Å²) < 4.78 is 33.7. The van der Waals surface area contributed by atoms with E-state index in [9.17, 15) is 14.3 Å². The van der Waals surface area contributed by atoms with Crippen LogP contribution in [0.5, 0.6) is 0 Å². The maximum Gasteiger partial charge on any atom is 0.472 e. The summed E-state index contributed by atoms with van der Waals surface area (Å²) in [7, 11) is -4.28. The van der Waals surface area contributed by atoms with Gasteiger partial charge >= 0.3 is 13.8 Å². The predicted octanol–water partition coefficient (Wildman–Crippen LogP) is 17.2. The molecule has 2 atom stereocenters. The van der Waals surface area contributed by atoms with Crippen molar-refractivity contribution >= 4 is 13.8 Å². The molecule has 1 unspecified atom stereocenters. The van der Waals surface area contributed by atoms with Crippen molar-refractivity contribution in [3.63, 3.8) is 0 Å². The second kappa shape index (κ2) is 51.5. The highest BCUT2D eigenvalue weighted by atomic mass is 31.2. The van der Waals surface area contributed by atoms with Crippen LogP contribution >= 0.6 is 7.82 Å². The molecular weight excluding hydrogens is 794 g/mol. The van der Waals surface area contributed by atoms with Gasteiger partial charge in [0.25, 0.3) is 0 Å². The number of hydrogen-bond donors (Lipinski definition) is 2. The number of carbonyl (C=O) groups excluding carboxylic acids is 1. The van der Waals surface area contributed by atoms with Gasteiger partial charge in [0, 0.05) is 19.6 Å². The van der Waals surface area contributed by atoms with Crippen molar-refractivity contribution in [3.8, 4) is 0 Å². The molecule has 0 aliphatic carbocycles. The van der Waals surface area contributed by atoms with Crippen LogP contribution in [-0.2, 0) is 27.9 Å². The molecule has 0 amide bonds. The zero-order chi connectivity index (χ0) is 45.1. The number of rotatable bonds is 54. The van der Waals surface area contributed by atoms with E-state index in [-0.39, 0.29) is 32.3 Å². The minimum absolute atomic E-state index is 0.0896. The van der Waals surface area contributed by atoms with Gasteiger partial charge < -0.3 is 20.1 Å². The van der Waals surface area contributed by atoms with Gasteiger partial charge in [-0.2, -0.15) is 0 Å². The topological polar surface area (TPSA) is 117 Å². The Morgan fingerprint density at radius 3 is 1.02 bits per heavy atom. The van der Waals surface area contributed by atoms with Crippen LogP contribution < -0.4 is 5.73 Å². The van der Waals surface area contributed by atoms with Crippen LogP contribution in [0.3, 0.4) is 0 Å². The Morgan fingerprint density at radius 1 is 0.419 bits per heavy atom. The molecular formula is C53H108NO7P. The summed E-state index contributed by atoms with van der Waals surface area (Å²) in [6, 6.07) is 0. The Hall–Kier alpha value is -0.500. The number of esters is 1. The Balaban J connectivity index is 3.84. The van der Waals surface area contributed by atoms with E-state index in [0.717, 1.165) is 32.1 Å². The molecule has 3 N–H and O–H groups in total. The number of nitrogens with two attached hydrogens (primary N) is 1. The maximum atomic E-state index is 12.7. The molecule has 0 aliphatic heterocycles. The molecule has 0 saturated carbocycles. The molecule has 0 aromatic rings. The average Bonchev–Trinajstić information content (AvgIpc) is 3.26. The van der Waals surface area contributed by atoms with Gasteiger partial charge in [0.2, 0.25) is 0 Å². The Labute approximate surface area is 386 Å². The Morgan fingerprint density at radius 2 is 0.710 bits per heavy atom. The average molecular weight is 902 g/mol. The van der Waals surface area contributed by atoms with Gasteiger partial charge in [-0.1, -0.05) is 277 Å². The van der Waals surface area contributed by atoms with Crippen LogP contribution in [-0.4, -0.2) is 49.9 Å². The van der Waals surface area contributed by atoms with Gasteiger partial charge in [0.05, 0.1) is 19.8 Å². The normalized spacial score (nSPS) is 13.2. The molecule has 0 saturated heterocycles. The van der Waals surface area contributed by atoms with Crippen LogP contribution in [0.25, 0.3) is 0 Å². The SMILES string of the molecule is CCCCCCCCCCCCCCCCCCCCCCCCCC(=O)O[C@H](COCCCCCCCCCCCCCCCCCCCCCC)COP(=O)(O)OCCN. The predicted molar refractivity (Wildman–Crippen MR) is 266 cm³/mol. The zero-order valence-electron chi connectivity index (χ0n) is 41.6. The number of unbranched alkanes of at least 4 members (excludes halogenated alkanes) is 41. The number of ether oxygens (including phenoxy) is 2. The zero-order valence-corrected chi connectivity index (χ0v) is 42.5. The molecule has 0 aliphatic rings. The number of hydrogen-bond acceptors (Lipinski definition) is 7. The summed E-state index contributed by atoms with van der Waals surface area (Å²) >= 11 is 0. The van der Waals surface area contributed by atoms with Crippen molar-refractivity contribution in [2.45, 2.75) is 302 Å². The minimum atomic E-state index is -4.28. The van der Waals surface area contributed by atoms with Crippen molar-refractivity contribution in [2.75, 3.05) is 33.0 Å². The lowest BCUT2D eigenvalue weighted by Crippen LogP contribution is -2.28. The molecule has 0 radical (unpaired) electrons. The summed E-state index contributed by atoms with van der Waals surface area (Å²) in [6.07, 6.45) is 57.2. The molecule has 0 bridgehead atoms. The van der Waals surface area contributed by atoms with Gasteiger partial charge in [-0.15, -0.1) is 0 Å². The summed E-state index contributed by atoms with van der Waals surface area (Å²) in [4.78, 5) is 22.6. The van der Waals surface area contributed by atoms with Crippen LogP contribution in [0.2, 0.25) is 0 Å². The number of phosphoric ester groups is 1. The molecule has 0 rings (SSSR count). The van der Waals surface area contributed by atoms with Gasteiger partial charge in [0.1, 0.15) is 6.10 Å². The summed E-state index contributed by atoms with van der Waals surface area (Å²) in [6.45, 7) is 5.02. The van der Waals surface area contributed by atoms with E-state index in [1.807, 2.05) is 0 Å². The summed E-state index contributed by atoms with van der Waals surface area (Å²) in [5.74, 6) is -0.319. The third kappa shape index (κ3) is 50.5. The minimum Gasteiger partial charge on any atom is -0.457 e. The lowest BCUT2D eigenvalue weighted by molar-refractivity contribution is -0.154. The first-order chi connectivity index (χ1) is 30.4. The monoisotopic (exact) mass is 902 g/mol. The molecule has 0 spiro atoms. The number of phosphoric acid groups is 1. The third-order valence-electron chi connectivity index (χ3n) is 12.5. The summed E-state index contributed by atoms with van der Waals surface area (Å²) in [5.41, 5.74) is 5.40. The lowest BCUT2D eigenvalue weighted by Gasteiger charge is -2.20. The van der Waals surface area contributed by atoms with E-state index < -0.39 is 13.9 Å². The van der Waals surface area contributed by atoms with E-state index in [2.05, 4.69) is 13.8 Å². The molecule has 0 fully saturated rings. The second-order valence-electron chi connectivity index (χ2n) is 18.8. The molecule has 0 aromatic heterocycles. The van der Waals surface area contributed by atoms with Crippen LogP contribution in [0, 0.1) is 0 Å². The fourth-order valence-electron chi connectivity index (χ4n) is 8.47. The fourth-order valence-corrected chi connectivity index (χ4v) is 9.24. The molecule has 9 heteroatoms. The Bertz CT molecular complexity index is 924. The van der Waals surface area contributed by atoms with E-state index in [1.165, 1.54) is 244 Å². The van der Waals surface area contributed by atoms with Crippen molar-refractivity contribution in [3.05, 3.63) is 0 Å². The van der Waals surface area contributed by atoms with Gasteiger partial charge in [0.15, 0.2) is 0 Å². The van der Waals surface area contributed by atoms with Gasteiger partial charge in [-0.3, -0.25) is 13.8 Å².